The minimum Gasteiger partial charge on any atom is -0.399 e. The van der Waals surface area contributed by atoms with E-state index in [1.54, 1.807) is 0 Å². The molecule has 0 saturated carbocycles. The summed E-state index contributed by atoms with van der Waals surface area (Å²) < 4.78 is 0. The van der Waals surface area contributed by atoms with Gasteiger partial charge in [-0.25, -0.2) is 0 Å². The molecule has 0 bridgehead atoms. The normalized spacial score (nSPS) is 14.8. The standard InChI is InChI=1S/C12H13Cl2N3O2/c13-8-4-7(15)5-9(14)12(8)16-10(18)6-17-3-1-2-11(17)19/h4-5H,1-3,6,15H2,(H,16,18). The van der Waals surface area contributed by atoms with E-state index in [1.165, 1.54) is 17.0 Å². The molecule has 19 heavy (non-hydrogen) atoms. The van der Waals surface area contributed by atoms with E-state index >= 15 is 0 Å². The molecule has 1 saturated heterocycles. The molecule has 102 valence electrons. The number of rotatable bonds is 3. The van der Waals surface area contributed by atoms with Crippen LogP contribution in [0.3, 0.4) is 0 Å². The van der Waals surface area contributed by atoms with Crippen LogP contribution in [0.4, 0.5) is 11.4 Å². The zero-order chi connectivity index (χ0) is 14.0. The summed E-state index contributed by atoms with van der Waals surface area (Å²) >= 11 is 11.9. The van der Waals surface area contributed by atoms with Crippen LogP contribution < -0.4 is 11.1 Å². The second-order valence-electron chi connectivity index (χ2n) is 4.33. The third kappa shape index (κ3) is 3.30. The highest BCUT2D eigenvalue weighted by molar-refractivity contribution is 6.40. The Bertz CT molecular complexity index is 511. The van der Waals surface area contributed by atoms with Gasteiger partial charge in [0.15, 0.2) is 0 Å². The van der Waals surface area contributed by atoms with Crippen LogP contribution in [0.5, 0.6) is 0 Å². The summed E-state index contributed by atoms with van der Waals surface area (Å²) in [4.78, 5) is 24.8. The van der Waals surface area contributed by atoms with Crippen molar-refractivity contribution in [3.05, 3.63) is 22.2 Å². The lowest BCUT2D eigenvalue weighted by atomic mass is 10.2. The van der Waals surface area contributed by atoms with Gasteiger partial charge >= 0.3 is 0 Å². The Labute approximate surface area is 120 Å². The molecule has 0 aromatic heterocycles. The number of amides is 2. The SMILES string of the molecule is Nc1cc(Cl)c(NC(=O)CN2CCCC2=O)c(Cl)c1. The topological polar surface area (TPSA) is 75.4 Å². The van der Waals surface area contributed by atoms with Crippen molar-refractivity contribution in [1.82, 2.24) is 4.90 Å². The number of hydrogen-bond donors (Lipinski definition) is 2. The van der Waals surface area contributed by atoms with E-state index in [2.05, 4.69) is 5.32 Å². The lowest BCUT2D eigenvalue weighted by molar-refractivity contribution is -0.131. The highest BCUT2D eigenvalue weighted by atomic mass is 35.5. The number of nitrogen functional groups attached to an aromatic ring is 1. The van der Waals surface area contributed by atoms with Crippen molar-refractivity contribution >= 4 is 46.4 Å². The molecule has 0 spiro atoms. The lowest BCUT2D eigenvalue weighted by Gasteiger charge is -2.16. The first-order chi connectivity index (χ1) is 8.97. The minimum atomic E-state index is -0.330. The molecule has 1 aliphatic heterocycles. The fraction of sp³-hybridized carbons (Fsp3) is 0.333. The second kappa shape index (κ2) is 5.67. The number of likely N-dealkylation sites (tertiary alicyclic amines) is 1. The Morgan fingerprint density at radius 1 is 1.37 bits per heavy atom. The molecule has 0 radical (unpaired) electrons. The number of carbonyl (C=O) groups is 2. The third-order valence-corrected chi connectivity index (χ3v) is 3.43. The molecule has 1 heterocycles. The monoisotopic (exact) mass is 301 g/mol. The first-order valence-electron chi connectivity index (χ1n) is 5.79. The largest absolute Gasteiger partial charge is 0.399 e. The first-order valence-corrected chi connectivity index (χ1v) is 6.55. The van der Waals surface area contributed by atoms with Crippen LogP contribution in [0, 0.1) is 0 Å². The maximum Gasteiger partial charge on any atom is 0.244 e. The van der Waals surface area contributed by atoms with Gasteiger partial charge in [-0.05, 0) is 18.6 Å². The van der Waals surface area contributed by atoms with Crippen LogP contribution in [0.2, 0.25) is 10.0 Å². The summed E-state index contributed by atoms with van der Waals surface area (Å²) in [5.74, 6) is -0.339. The average molecular weight is 302 g/mol. The van der Waals surface area contributed by atoms with Crippen LogP contribution in [-0.2, 0) is 9.59 Å². The fourth-order valence-electron chi connectivity index (χ4n) is 1.94. The number of carbonyl (C=O) groups excluding carboxylic acids is 2. The van der Waals surface area contributed by atoms with E-state index in [-0.39, 0.29) is 28.4 Å². The third-order valence-electron chi connectivity index (χ3n) is 2.83. The van der Waals surface area contributed by atoms with Gasteiger partial charge in [-0.1, -0.05) is 23.2 Å². The molecule has 2 amide bonds. The van der Waals surface area contributed by atoms with Crippen molar-refractivity contribution < 1.29 is 9.59 Å². The highest BCUT2D eigenvalue weighted by Crippen LogP contribution is 2.32. The van der Waals surface area contributed by atoms with Crippen LogP contribution >= 0.6 is 23.2 Å². The predicted octanol–water partition coefficient (Wildman–Crippen LogP) is 2.14. The maximum atomic E-state index is 11.8. The fourth-order valence-corrected chi connectivity index (χ4v) is 2.53. The van der Waals surface area contributed by atoms with Crippen molar-refractivity contribution in [3.8, 4) is 0 Å². The van der Waals surface area contributed by atoms with E-state index in [0.29, 0.717) is 24.3 Å². The second-order valence-corrected chi connectivity index (χ2v) is 5.14. The number of nitrogens with two attached hydrogens (primary N) is 1. The summed E-state index contributed by atoms with van der Waals surface area (Å²) in [5, 5.41) is 3.14. The van der Waals surface area contributed by atoms with Gasteiger partial charge in [0, 0.05) is 18.7 Å². The smallest absolute Gasteiger partial charge is 0.244 e. The van der Waals surface area contributed by atoms with Gasteiger partial charge in [0.05, 0.1) is 22.3 Å². The summed E-state index contributed by atoms with van der Waals surface area (Å²) in [6, 6.07) is 3.01. The Kier molecular flexibility index (Phi) is 4.17. The Morgan fingerprint density at radius 3 is 2.53 bits per heavy atom. The van der Waals surface area contributed by atoms with Gasteiger partial charge in [0.2, 0.25) is 11.8 Å². The van der Waals surface area contributed by atoms with Gasteiger partial charge in [-0.2, -0.15) is 0 Å². The number of nitrogens with zero attached hydrogens (tertiary/aromatic N) is 1. The van der Waals surface area contributed by atoms with Crippen molar-refractivity contribution in [3.63, 3.8) is 0 Å². The zero-order valence-electron chi connectivity index (χ0n) is 10.1. The van der Waals surface area contributed by atoms with Gasteiger partial charge in [0.1, 0.15) is 0 Å². The number of benzene rings is 1. The molecule has 1 aliphatic rings. The molecule has 7 heteroatoms. The first kappa shape index (κ1) is 14.0. The van der Waals surface area contributed by atoms with Gasteiger partial charge < -0.3 is 16.0 Å². The minimum absolute atomic E-state index is 0.00958. The van der Waals surface area contributed by atoms with Crippen molar-refractivity contribution in [1.29, 1.82) is 0 Å². The molecule has 2 rings (SSSR count). The average Bonchev–Trinajstić information content (AvgIpc) is 2.69. The van der Waals surface area contributed by atoms with Crippen LogP contribution in [0.25, 0.3) is 0 Å². The van der Waals surface area contributed by atoms with Gasteiger partial charge in [-0.15, -0.1) is 0 Å². The molecule has 5 nitrogen and oxygen atoms in total. The van der Waals surface area contributed by atoms with Gasteiger partial charge in [0.25, 0.3) is 0 Å². The molecule has 0 unspecified atom stereocenters. The molecule has 0 aliphatic carbocycles. The zero-order valence-corrected chi connectivity index (χ0v) is 11.6. The summed E-state index contributed by atoms with van der Waals surface area (Å²) in [6.45, 7) is 0.616. The molecular weight excluding hydrogens is 289 g/mol. The Morgan fingerprint density at radius 2 is 2.00 bits per heavy atom. The van der Waals surface area contributed by atoms with Crippen molar-refractivity contribution in [2.45, 2.75) is 12.8 Å². The quantitative estimate of drug-likeness (QED) is 0.840. The van der Waals surface area contributed by atoms with Crippen LogP contribution in [-0.4, -0.2) is 29.8 Å². The summed E-state index contributed by atoms with van der Waals surface area (Å²) in [5.41, 5.74) is 6.31. The molecule has 1 aromatic carbocycles. The number of hydrogen-bond acceptors (Lipinski definition) is 3. The highest BCUT2D eigenvalue weighted by Gasteiger charge is 2.23. The molecule has 1 aromatic rings. The van der Waals surface area contributed by atoms with E-state index in [0.717, 1.165) is 6.42 Å². The predicted molar refractivity (Wildman–Crippen MR) is 75.3 cm³/mol. The lowest BCUT2D eigenvalue weighted by Crippen LogP contribution is -2.34. The Hall–Kier alpha value is -1.46. The maximum absolute atomic E-state index is 11.8. The molecular formula is C12H13Cl2N3O2. The van der Waals surface area contributed by atoms with E-state index < -0.39 is 0 Å². The molecule has 1 fully saturated rings. The van der Waals surface area contributed by atoms with Crippen molar-refractivity contribution in [2.24, 2.45) is 0 Å². The van der Waals surface area contributed by atoms with E-state index in [4.69, 9.17) is 28.9 Å². The summed E-state index contributed by atoms with van der Waals surface area (Å²) in [7, 11) is 0. The number of nitrogens with one attached hydrogen (secondary N) is 1. The van der Waals surface area contributed by atoms with Crippen molar-refractivity contribution in [2.75, 3.05) is 24.1 Å². The van der Waals surface area contributed by atoms with Crippen LogP contribution in [0.1, 0.15) is 12.8 Å². The number of halogens is 2. The van der Waals surface area contributed by atoms with E-state index in [1.807, 2.05) is 0 Å². The number of anilines is 2. The summed E-state index contributed by atoms with van der Waals surface area (Å²) in [6.07, 6.45) is 1.28. The Balaban J connectivity index is 2.05. The van der Waals surface area contributed by atoms with Crippen LogP contribution in [0.15, 0.2) is 12.1 Å². The van der Waals surface area contributed by atoms with Gasteiger partial charge in [-0.3, -0.25) is 9.59 Å². The van der Waals surface area contributed by atoms with E-state index in [9.17, 15) is 9.59 Å². The molecule has 3 N–H and O–H groups in total. The molecule has 0 atom stereocenters.